The lowest BCUT2D eigenvalue weighted by atomic mass is 9.78. The normalized spacial score (nSPS) is 17.1. The molecule has 0 aromatic heterocycles. The summed E-state index contributed by atoms with van der Waals surface area (Å²) in [6.45, 7) is 0.344. The van der Waals surface area contributed by atoms with E-state index in [2.05, 4.69) is 16.7 Å². The summed E-state index contributed by atoms with van der Waals surface area (Å²) in [4.78, 5) is 49.5. The smallest absolute Gasteiger partial charge is 0.337 e. The summed E-state index contributed by atoms with van der Waals surface area (Å²) in [6, 6.07) is 17.5. The third kappa shape index (κ3) is 6.07. The zero-order valence-corrected chi connectivity index (χ0v) is 19.9. The molecule has 2 atom stereocenters. The molecule has 0 spiro atoms. The average Bonchev–Trinajstić information content (AvgIpc) is 2.90. The SMILES string of the molecule is COC(=O)c1ccc([C@H]2C(C#N)=C(SCC(=O)NCc3ccccc3)NC(=O)[C@@H]2C(=O)OC)cc1. The molecular formula is C25H23N3O6S. The molecule has 9 nitrogen and oxygen atoms in total. The molecule has 1 aliphatic rings. The molecule has 0 bridgehead atoms. The maximum Gasteiger partial charge on any atom is 0.337 e. The Morgan fingerprint density at radius 1 is 1.06 bits per heavy atom. The number of methoxy groups -OCH3 is 2. The van der Waals surface area contributed by atoms with Gasteiger partial charge in [0, 0.05) is 12.5 Å². The van der Waals surface area contributed by atoms with Crippen molar-refractivity contribution in [3.63, 3.8) is 0 Å². The average molecular weight is 494 g/mol. The number of carbonyl (C=O) groups excluding carboxylic acids is 4. The fourth-order valence-corrected chi connectivity index (χ4v) is 4.49. The number of thioether (sulfide) groups is 1. The van der Waals surface area contributed by atoms with Gasteiger partial charge in [0.1, 0.15) is 5.92 Å². The van der Waals surface area contributed by atoms with E-state index < -0.39 is 29.7 Å². The van der Waals surface area contributed by atoms with Gasteiger partial charge < -0.3 is 20.1 Å². The number of amides is 2. The summed E-state index contributed by atoms with van der Waals surface area (Å²) in [5, 5.41) is 15.5. The Bertz CT molecular complexity index is 1190. The highest BCUT2D eigenvalue weighted by molar-refractivity contribution is 8.03. The van der Waals surface area contributed by atoms with Crippen molar-refractivity contribution in [1.82, 2.24) is 10.6 Å². The van der Waals surface area contributed by atoms with Crippen LogP contribution < -0.4 is 10.6 Å². The lowest BCUT2D eigenvalue weighted by Gasteiger charge is -2.31. The largest absolute Gasteiger partial charge is 0.468 e. The number of rotatable bonds is 8. The van der Waals surface area contributed by atoms with Crippen LogP contribution in [0.1, 0.15) is 27.4 Å². The first-order valence-electron chi connectivity index (χ1n) is 10.5. The lowest BCUT2D eigenvalue weighted by molar-refractivity contribution is -0.150. The minimum atomic E-state index is -1.31. The number of ether oxygens (including phenoxy) is 2. The first-order valence-corrected chi connectivity index (χ1v) is 11.5. The predicted octanol–water partition coefficient (Wildman–Crippen LogP) is 2.26. The lowest BCUT2D eigenvalue weighted by Crippen LogP contribution is -2.44. The summed E-state index contributed by atoms with van der Waals surface area (Å²) in [6.07, 6.45) is 0. The molecule has 2 N–H and O–H groups in total. The number of hydrogen-bond acceptors (Lipinski definition) is 8. The number of nitriles is 1. The Morgan fingerprint density at radius 3 is 2.34 bits per heavy atom. The molecule has 10 heteroatoms. The standard InChI is InChI=1S/C25H23N3O6S/c1-33-24(31)17-10-8-16(9-11-17)20-18(12-26)23(28-22(30)21(20)25(32)34-2)35-14-19(29)27-13-15-6-4-3-5-7-15/h3-11,20-21H,13-14H2,1-2H3,(H,27,29)(H,28,30)/t20-,21+/m0/s1. The monoisotopic (exact) mass is 493 g/mol. The van der Waals surface area contributed by atoms with Crippen molar-refractivity contribution in [2.45, 2.75) is 12.5 Å². The van der Waals surface area contributed by atoms with E-state index >= 15 is 0 Å². The Labute approximate surface area is 206 Å². The van der Waals surface area contributed by atoms with E-state index in [4.69, 9.17) is 9.47 Å². The molecule has 180 valence electrons. The Balaban J connectivity index is 1.85. The highest BCUT2D eigenvalue weighted by Gasteiger charge is 2.44. The molecule has 0 fully saturated rings. The zero-order valence-electron chi connectivity index (χ0n) is 19.1. The van der Waals surface area contributed by atoms with E-state index in [1.54, 1.807) is 12.1 Å². The molecule has 2 aromatic rings. The Hall–Kier alpha value is -4.10. The van der Waals surface area contributed by atoms with Gasteiger partial charge in [0.25, 0.3) is 0 Å². The van der Waals surface area contributed by atoms with E-state index in [1.807, 2.05) is 30.3 Å². The summed E-state index contributed by atoms with van der Waals surface area (Å²) in [7, 11) is 2.41. The second-order valence-electron chi connectivity index (χ2n) is 7.49. The Kier molecular flexibility index (Phi) is 8.64. The van der Waals surface area contributed by atoms with Crippen LogP contribution in [0.15, 0.2) is 65.2 Å². The van der Waals surface area contributed by atoms with Gasteiger partial charge in [-0.25, -0.2) is 4.79 Å². The number of benzene rings is 2. The highest BCUT2D eigenvalue weighted by atomic mass is 32.2. The molecule has 3 rings (SSSR count). The quantitative estimate of drug-likeness (QED) is 0.422. The fraction of sp³-hybridized carbons (Fsp3) is 0.240. The number of nitrogens with zero attached hydrogens (tertiary/aromatic N) is 1. The van der Waals surface area contributed by atoms with Crippen molar-refractivity contribution in [2.75, 3.05) is 20.0 Å². The maximum atomic E-state index is 12.9. The van der Waals surface area contributed by atoms with Crippen molar-refractivity contribution >= 4 is 35.5 Å². The third-order valence-electron chi connectivity index (χ3n) is 5.35. The van der Waals surface area contributed by atoms with Crippen molar-refractivity contribution in [1.29, 1.82) is 5.26 Å². The number of carbonyl (C=O) groups is 4. The zero-order chi connectivity index (χ0) is 25.4. The van der Waals surface area contributed by atoms with Crippen LogP contribution >= 0.6 is 11.8 Å². The number of allylic oxidation sites excluding steroid dienone is 1. The van der Waals surface area contributed by atoms with Crippen LogP contribution in [-0.4, -0.2) is 43.7 Å². The molecular weight excluding hydrogens is 470 g/mol. The van der Waals surface area contributed by atoms with E-state index in [0.29, 0.717) is 12.1 Å². The fourth-order valence-electron chi connectivity index (χ4n) is 3.61. The topological polar surface area (TPSA) is 135 Å². The van der Waals surface area contributed by atoms with Gasteiger partial charge in [0.2, 0.25) is 11.8 Å². The minimum Gasteiger partial charge on any atom is -0.468 e. The summed E-state index contributed by atoms with van der Waals surface area (Å²) >= 11 is 0.995. The van der Waals surface area contributed by atoms with E-state index in [1.165, 1.54) is 19.2 Å². The van der Waals surface area contributed by atoms with Crippen molar-refractivity contribution in [3.05, 3.63) is 81.9 Å². The first-order chi connectivity index (χ1) is 16.9. The van der Waals surface area contributed by atoms with Gasteiger partial charge in [-0.05, 0) is 23.3 Å². The first kappa shape index (κ1) is 25.5. The van der Waals surface area contributed by atoms with Crippen molar-refractivity contribution in [3.8, 4) is 6.07 Å². The van der Waals surface area contributed by atoms with Crippen LogP contribution in [0.5, 0.6) is 0 Å². The van der Waals surface area contributed by atoms with Gasteiger partial charge in [0.05, 0.1) is 42.2 Å². The molecule has 2 aromatic carbocycles. The van der Waals surface area contributed by atoms with E-state index in [-0.39, 0.29) is 27.8 Å². The van der Waals surface area contributed by atoms with Gasteiger partial charge in [-0.2, -0.15) is 5.26 Å². The van der Waals surface area contributed by atoms with Crippen molar-refractivity contribution in [2.24, 2.45) is 5.92 Å². The van der Waals surface area contributed by atoms with Gasteiger partial charge >= 0.3 is 11.9 Å². The molecule has 0 saturated carbocycles. The van der Waals surface area contributed by atoms with Gasteiger partial charge in [-0.3, -0.25) is 14.4 Å². The molecule has 1 heterocycles. The van der Waals surface area contributed by atoms with E-state index in [9.17, 15) is 24.4 Å². The second-order valence-corrected chi connectivity index (χ2v) is 8.47. The van der Waals surface area contributed by atoms with Crippen LogP contribution in [0.3, 0.4) is 0 Å². The predicted molar refractivity (Wildman–Crippen MR) is 128 cm³/mol. The summed E-state index contributed by atoms with van der Waals surface area (Å²) < 4.78 is 9.51. The number of esters is 2. The second kappa shape index (κ2) is 11.9. The molecule has 0 unspecified atom stereocenters. The number of nitrogens with one attached hydrogen (secondary N) is 2. The minimum absolute atomic E-state index is 0.0511. The highest BCUT2D eigenvalue weighted by Crippen LogP contribution is 2.40. The van der Waals surface area contributed by atoms with Gasteiger partial charge in [0.15, 0.2) is 0 Å². The van der Waals surface area contributed by atoms with Crippen LogP contribution in [0, 0.1) is 17.2 Å². The molecule has 0 radical (unpaired) electrons. The number of hydrogen-bond donors (Lipinski definition) is 2. The summed E-state index contributed by atoms with van der Waals surface area (Å²) in [5.41, 5.74) is 1.79. The Morgan fingerprint density at radius 2 is 1.74 bits per heavy atom. The van der Waals surface area contributed by atoms with Crippen LogP contribution in [0.25, 0.3) is 0 Å². The molecule has 0 saturated heterocycles. The molecule has 0 aliphatic carbocycles. The van der Waals surface area contributed by atoms with Crippen LogP contribution in [0.2, 0.25) is 0 Å². The maximum absolute atomic E-state index is 12.9. The van der Waals surface area contributed by atoms with Crippen molar-refractivity contribution < 1.29 is 28.7 Å². The van der Waals surface area contributed by atoms with E-state index in [0.717, 1.165) is 24.4 Å². The third-order valence-corrected chi connectivity index (χ3v) is 6.37. The van der Waals surface area contributed by atoms with Gasteiger partial charge in [-0.15, -0.1) is 0 Å². The van der Waals surface area contributed by atoms with Crippen LogP contribution in [0.4, 0.5) is 0 Å². The summed E-state index contributed by atoms with van der Waals surface area (Å²) in [5.74, 6) is -4.60. The molecule has 35 heavy (non-hydrogen) atoms. The molecule has 2 amide bonds. The van der Waals surface area contributed by atoms with Gasteiger partial charge in [-0.1, -0.05) is 54.2 Å². The van der Waals surface area contributed by atoms with Crippen LogP contribution in [-0.2, 0) is 30.4 Å². The molecule has 1 aliphatic heterocycles.